The van der Waals surface area contributed by atoms with Crippen molar-refractivity contribution in [3.05, 3.63) is 35.9 Å². The van der Waals surface area contributed by atoms with E-state index in [9.17, 15) is 10.2 Å². The van der Waals surface area contributed by atoms with Gasteiger partial charge in [0.15, 0.2) is 0 Å². The first-order valence-electron chi connectivity index (χ1n) is 8.47. The Morgan fingerprint density at radius 3 is 2.29 bits per heavy atom. The summed E-state index contributed by atoms with van der Waals surface area (Å²) in [5.41, 5.74) is 1.08. The van der Waals surface area contributed by atoms with Gasteiger partial charge in [-0.05, 0) is 24.8 Å². The second kappa shape index (κ2) is 9.97. The lowest BCUT2D eigenvalue weighted by Crippen LogP contribution is -2.26. The fourth-order valence-electron chi connectivity index (χ4n) is 2.81. The maximum absolute atomic E-state index is 9.82. The monoisotopic (exact) mass is 292 g/mol. The van der Waals surface area contributed by atoms with Gasteiger partial charge < -0.3 is 10.2 Å². The van der Waals surface area contributed by atoms with Crippen molar-refractivity contribution in [3.63, 3.8) is 0 Å². The SMILES string of the molecule is CCCCC(O)CCCCCC(C)(CO)c1ccccc1. The zero-order chi connectivity index (χ0) is 15.6. The van der Waals surface area contributed by atoms with Crippen LogP contribution in [0.15, 0.2) is 30.3 Å². The van der Waals surface area contributed by atoms with Gasteiger partial charge in [-0.3, -0.25) is 0 Å². The van der Waals surface area contributed by atoms with E-state index in [1.165, 1.54) is 5.56 Å². The Labute approximate surface area is 130 Å². The van der Waals surface area contributed by atoms with Crippen molar-refractivity contribution in [2.75, 3.05) is 6.61 Å². The summed E-state index contributed by atoms with van der Waals surface area (Å²) < 4.78 is 0. The summed E-state index contributed by atoms with van der Waals surface area (Å²) in [4.78, 5) is 0. The quantitative estimate of drug-likeness (QED) is 0.592. The largest absolute Gasteiger partial charge is 0.395 e. The van der Waals surface area contributed by atoms with Gasteiger partial charge in [-0.25, -0.2) is 0 Å². The van der Waals surface area contributed by atoms with Crippen LogP contribution >= 0.6 is 0 Å². The zero-order valence-corrected chi connectivity index (χ0v) is 13.7. The molecule has 21 heavy (non-hydrogen) atoms. The van der Waals surface area contributed by atoms with E-state index >= 15 is 0 Å². The Morgan fingerprint density at radius 2 is 1.67 bits per heavy atom. The van der Waals surface area contributed by atoms with Gasteiger partial charge in [0.1, 0.15) is 0 Å². The highest BCUT2D eigenvalue weighted by molar-refractivity contribution is 5.24. The molecule has 0 spiro atoms. The van der Waals surface area contributed by atoms with Crippen molar-refractivity contribution in [2.45, 2.75) is 76.7 Å². The van der Waals surface area contributed by atoms with Crippen molar-refractivity contribution in [3.8, 4) is 0 Å². The topological polar surface area (TPSA) is 40.5 Å². The molecule has 2 atom stereocenters. The van der Waals surface area contributed by atoms with Crippen LogP contribution < -0.4 is 0 Å². The maximum Gasteiger partial charge on any atom is 0.0540 e. The predicted molar refractivity (Wildman–Crippen MR) is 89.5 cm³/mol. The Bertz CT molecular complexity index is 363. The number of aliphatic hydroxyl groups is 2. The third kappa shape index (κ3) is 6.62. The minimum Gasteiger partial charge on any atom is -0.395 e. The molecule has 120 valence electrons. The van der Waals surface area contributed by atoms with Gasteiger partial charge >= 0.3 is 0 Å². The Kier molecular flexibility index (Phi) is 8.63. The normalized spacial score (nSPS) is 15.6. The molecule has 0 heterocycles. The van der Waals surface area contributed by atoms with E-state index in [4.69, 9.17) is 0 Å². The molecule has 0 saturated carbocycles. The van der Waals surface area contributed by atoms with Gasteiger partial charge in [-0.15, -0.1) is 0 Å². The molecule has 2 unspecified atom stereocenters. The Balaban J connectivity index is 2.27. The van der Waals surface area contributed by atoms with E-state index in [2.05, 4.69) is 26.0 Å². The molecule has 1 aromatic rings. The molecule has 0 aliphatic carbocycles. The number of hydrogen-bond acceptors (Lipinski definition) is 2. The molecular formula is C19H32O2. The van der Waals surface area contributed by atoms with E-state index < -0.39 is 0 Å². The standard InChI is InChI=1S/C19H32O2/c1-3-4-13-18(21)14-9-6-10-15-19(2,16-20)17-11-7-5-8-12-17/h5,7-8,11-12,18,20-21H,3-4,6,9-10,13-16H2,1-2H3. The smallest absolute Gasteiger partial charge is 0.0540 e. The molecule has 0 aliphatic rings. The number of unbranched alkanes of at least 4 members (excludes halogenated alkanes) is 3. The fourth-order valence-corrected chi connectivity index (χ4v) is 2.81. The molecule has 0 fully saturated rings. The van der Waals surface area contributed by atoms with Crippen LogP contribution in [0.2, 0.25) is 0 Å². The lowest BCUT2D eigenvalue weighted by atomic mass is 9.79. The average Bonchev–Trinajstić information content (AvgIpc) is 2.53. The van der Waals surface area contributed by atoms with Gasteiger partial charge in [-0.1, -0.05) is 76.3 Å². The first kappa shape index (κ1) is 18.2. The molecule has 0 aromatic heterocycles. The molecule has 0 amide bonds. The van der Waals surface area contributed by atoms with E-state index in [-0.39, 0.29) is 18.1 Å². The van der Waals surface area contributed by atoms with Crippen molar-refractivity contribution in [1.82, 2.24) is 0 Å². The number of rotatable bonds is 11. The Hall–Kier alpha value is -0.860. The van der Waals surface area contributed by atoms with Gasteiger partial charge in [0, 0.05) is 5.41 Å². The fraction of sp³-hybridized carbons (Fsp3) is 0.684. The van der Waals surface area contributed by atoms with Gasteiger partial charge in [0.25, 0.3) is 0 Å². The maximum atomic E-state index is 9.82. The minimum atomic E-state index is -0.137. The lowest BCUT2D eigenvalue weighted by molar-refractivity contribution is 0.146. The number of benzene rings is 1. The first-order valence-corrected chi connectivity index (χ1v) is 8.47. The number of aliphatic hydroxyl groups excluding tert-OH is 2. The van der Waals surface area contributed by atoms with Crippen molar-refractivity contribution < 1.29 is 10.2 Å². The van der Waals surface area contributed by atoms with Crippen molar-refractivity contribution in [1.29, 1.82) is 0 Å². The van der Waals surface area contributed by atoms with Gasteiger partial charge in [-0.2, -0.15) is 0 Å². The summed E-state index contributed by atoms with van der Waals surface area (Å²) in [6.45, 7) is 4.49. The highest BCUT2D eigenvalue weighted by Crippen LogP contribution is 2.29. The summed E-state index contributed by atoms with van der Waals surface area (Å²) in [5.74, 6) is 0. The van der Waals surface area contributed by atoms with Crippen molar-refractivity contribution in [2.24, 2.45) is 0 Å². The molecule has 0 bridgehead atoms. The second-order valence-corrected chi connectivity index (χ2v) is 6.48. The van der Waals surface area contributed by atoms with E-state index in [1.807, 2.05) is 18.2 Å². The van der Waals surface area contributed by atoms with Gasteiger partial charge in [0.05, 0.1) is 12.7 Å². The molecule has 0 radical (unpaired) electrons. The van der Waals surface area contributed by atoms with Crippen LogP contribution in [0.25, 0.3) is 0 Å². The summed E-state index contributed by atoms with van der Waals surface area (Å²) >= 11 is 0. The van der Waals surface area contributed by atoms with E-state index in [1.54, 1.807) is 0 Å². The van der Waals surface area contributed by atoms with Crippen molar-refractivity contribution >= 4 is 0 Å². The molecule has 2 nitrogen and oxygen atoms in total. The summed E-state index contributed by atoms with van der Waals surface area (Å²) in [7, 11) is 0. The molecule has 0 saturated heterocycles. The summed E-state index contributed by atoms with van der Waals surface area (Å²) in [5, 5.41) is 19.6. The third-order valence-corrected chi connectivity index (χ3v) is 4.48. The average molecular weight is 292 g/mol. The van der Waals surface area contributed by atoms with Crippen LogP contribution in [0.4, 0.5) is 0 Å². The second-order valence-electron chi connectivity index (χ2n) is 6.48. The van der Waals surface area contributed by atoms with Crippen LogP contribution in [0.1, 0.15) is 70.8 Å². The highest BCUT2D eigenvalue weighted by Gasteiger charge is 2.24. The van der Waals surface area contributed by atoms with Crippen LogP contribution in [0, 0.1) is 0 Å². The molecule has 0 aliphatic heterocycles. The summed E-state index contributed by atoms with van der Waals surface area (Å²) in [6, 6.07) is 10.3. The van der Waals surface area contributed by atoms with Crippen LogP contribution in [0.3, 0.4) is 0 Å². The minimum absolute atomic E-state index is 0.122. The van der Waals surface area contributed by atoms with E-state index in [0.717, 1.165) is 51.4 Å². The highest BCUT2D eigenvalue weighted by atomic mass is 16.3. The summed E-state index contributed by atoms with van der Waals surface area (Å²) in [6.07, 6.45) is 8.33. The third-order valence-electron chi connectivity index (χ3n) is 4.48. The molecule has 1 aromatic carbocycles. The van der Waals surface area contributed by atoms with E-state index in [0.29, 0.717) is 0 Å². The van der Waals surface area contributed by atoms with Crippen LogP contribution in [-0.2, 0) is 5.41 Å². The Morgan fingerprint density at radius 1 is 1.00 bits per heavy atom. The molecule has 2 heteroatoms. The zero-order valence-electron chi connectivity index (χ0n) is 13.7. The molecule has 1 rings (SSSR count). The van der Waals surface area contributed by atoms with Gasteiger partial charge in [0.2, 0.25) is 0 Å². The predicted octanol–water partition coefficient (Wildman–Crippen LogP) is 4.44. The molecular weight excluding hydrogens is 260 g/mol. The first-order chi connectivity index (χ1) is 10.1. The number of hydrogen-bond donors (Lipinski definition) is 2. The van der Waals surface area contributed by atoms with Crippen LogP contribution in [-0.4, -0.2) is 22.9 Å². The van der Waals surface area contributed by atoms with Crippen LogP contribution in [0.5, 0.6) is 0 Å². The lowest BCUT2D eigenvalue weighted by Gasteiger charge is -2.28. The molecule has 2 N–H and O–H groups in total.